The molecule has 9 heteroatoms. The van der Waals surface area contributed by atoms with E-state index >= 15 is 0 Å². The van der Waals surface area contributed by atoms with E-state index in [1.54, 1.807) is 36.4 Å². The van der Waals surface area contributed by atoms with Gasteiger partial charge in [-0.25, -0.2) is 0 Å². The summed E-state index contributed by atoms with van der Waals surface area (Å²) in [7, 11) is 1.44. The van der Waals surface area contributed by atoms with E-state index in [2.05, 4.69) is 24.0 Å². The van der Waals surface area contributed by atoms with Gasteiger partial charge in [0, 0.05) is 6.42 Å². The predicted octanol–water partition coefficient (Wildman–Crippen LogP) is 4.31. The number of amides is 1. The number of aromatic nitrogens is 2. The minimum atomic E-state index is -0.803. The van der Waals surface area contributed by atoms with Crippen molar-refractivity contribution in [2.75, 3.05) is 12.0 Å². The van der Waals surface area contributed by atoms with E-state index in [0.29, 0.717) is 27.6 Å². The standard InChI is InChI=1S/C24H21N3O5S/c1-12(2)10-18-25-26-24(33-18)27-20(13-8-9-15(28)17(11-13)31-3)19-21(29)14-6-4-5-7-16(14)32-22(19)23(27)30/h4-9,11-12,20,28H,10H2,1-3H3. The number of hydrogen-bond donors (Lipinski definition) is 1. The third kappa shape index (κ3) is 3.45. The molecule has 5 rings (SSSR count). The van der Waals surface area contributed by atoms with Crippen LogP contribution in [-0.2, 0) is 6.42 Å². The topological polar surface area (TPSA) is 106 Å². The number of benzene rings is 2. The van der Waals surface area contributed by atoms with E-state index in [0.717, 1.165) is 11.4 Å². The van der Waals surface area contributed by atoms with E-state index in [4.69, 9.17) is 9.15 Å². The number of para-hydroxylation sites is 1. The van der Waals surface area contributed by atoms with Crippen LogP contribution in [0.4, 0.5) is 5.13 Å². The zero-order valence-corrected chi connectivity index (χ0v) is 19.0. The number of ether oxygens (including phenoxy) is 1. The summed E-state index contributed by atoms with van der Waals surface area (Å²) < 4.78 is 11.2. The van der Waals surface area contributed by atoms with Gasteiger partial charge in [-0.15, -0.1) is 10.2 Å². The van der Waals surface area contributed by atoms with Crippen LogP contribution in [0.25, 0.3) is 11.0 Å². The lowest BCUT2D eigenvalue weighted by atomic mass is 9.98. The van der Waals surface area contributed by atoms with Crippen molar-refractivity contribution < 1.29 is 19.1 Å². The molecular weight excluding hydrogens is 442 g/mol. The van der Waals surface area contributed by atoms with Gasteiger partial charge in [0.25, 0.3) is 5.91 Å². The number of hydrogen-bond acceptors (Lipinski definition) is 8. The molecule has 1 aliphatic rings. The van der Waals surface area contributed by atoms with Gasteiger partial charge < -0.3 is 14.3 Å². The maximum atomic E-state index is 13.6. The zero-order chi connectivity index (χ0) is 23.3. The molecule has 1 aliphatic heterocycles. The van der Waals surface area contributed by atoms with Gasteiger partial charge in [0.05, 0.1) is 24.1 Å². The van der Waals surface area contributed by atoms with Crippen LogP contribution in [0.3, 0.4) is 0 Å². The fourth-order valence-corrected chi connectivity index (χ4v) is 5.15. The van der Waals surface area contributed by atoms with Crippen LogP contribution in [0.5, 0.6) is 11.5 Å². The number of aromatic hydroxyl groups is 1. The molecule has 3 heterocycles. The average Bonchev–Trinajstić information content (AvgIpc) is 3.36. The molecule has 0 saturated carbocycles. The number of carbonyl (C=O) groups is 1. The Balaban J connectivity index is 1.75. The lowest BCUT2D eigenvalue weighted by Gasteiger charge is -2.22. The maximum absolute atomic E-state index is 13.6. The van der Waals surface area contributed by atoms with Crippen LogP contribution in [-0.4, -0.2) is 28.3 Å². The smallest absolute Gasteiger partial charge is 0.297 e. The highest BCUT2D eigenvalue weighted by atomic mass is 32.1. The highest BCUT2D eigenvalue weighted by molar-refractivity contribution is 7.15. The zero-order valence-electron chi connectivity index (χ0n) is 18.2. The molecule has 1 amide bonds. The number of carbonyl (C=O) groups excluding carboxylic acids is 1. The van der Waals surface area contributed by atoms with Crippen LogP contribution in [0.15, 0.2) is 51.7 Å². The molecule has 2 aromatic heterocycles. The first kappa shape index (κ1) is 21.1. The number of methoxy groups -OCH3 is 1. The molecule has 4 aromatic rings. The van der Waals surface area contributed by atoms with Gasteiger partial charge in [0.1, 0.15) is 10.6 Å². The summed E-state index contributed by atoms with van der Waals surface area (Å²) in [6.45, 7) is 4.16. The molecule has 0 fully saturated rings. The molecule has 8 nitrogen and oxygen atoms in total. The Morgan fingerprint density at radius 1 is 1.18 bits per heavy atom. The van der Waals surface area contributed by atoms with Crippen molar-refractivity contribution in [3.05, 3.63) is 74.6 Å². The summed E-state index contributed by atoms with van der Waals surface area (Å²) in [6, 6.07) is 10.8. The van der Waals surface area contributed by atoms with Gasteiger partial charge in [-0.05, 0) is 35.7 Å². The largest absolute Gasteiger partial charge is 0.504 e. The van der Waals surface area contributed by atoms with Gasteiger partial charge in [0.2, 0.25) is 10.9 Å². The Morgan fingerprint density at radius 3 is 2.73 bits per heavy atom. The first-order valence-corrected chi connectivity index (χ1v) is 11.3. The number of phenolic OH excluding ortho intramolecular Hbond substituents is 1. The third-order valence-electron chi connectivity index (χ3n) is 5.54. The van der Waals surface area contributed by atoms with Crippen molar-refractivity contribution >= 4 is 33.3 Å². The number of rotatable bonds is 5. The van der Waals surface area contributed by atoms with Crippen LogP contribution < -0.4 is 15.1 Å². The van der Waals surface area contributed by atoms with Gasteiger partial charge in [-0.3, -0.25) is 14.5 Å². The number of phenols is 1. The summed E-state index contributed by atoms with van der Waals surface area (Å²) in [5.74, 6) is 0.0887. The quantitative estimate of drug-likeness (QED) is 0.470. The molecule has 0 saturated heterocycles. The van der Waals surface area contributed by atoms with E-state index in [1.165, 1.54) is 29.4 Å². The summed E-state index contributed by atoms with van der Waals surface area (Å²) in [5.41, 5.74) is 0.870. The van der Waals surface area contributed by atoms with Crippen molar-refractivity contribution in [2.24, 2.45) is 5.92 Å². The third-order valence-corrected chi connectivity index (χ3v) is 6.49. The Kier molecular flexibility index (Phi) is 5.13. The normalized spacial score (nSPS) is 15.5. The van der Waals surface area contributed by atoms with Crippen molar-refractivity contribution in [1.29, 1.82) is 0 Å². The Labute approximate surface area is 193 Å². The minimum absolute atomic E-state index is 0.0173. The SMILES string of the molecule is COc1cc(C2c3c(oc4ccccc4c3=O)C(=O)N2c2nnc(CC(C)C)s2)ccc1O. The molecule has 33 heavy (non-hydrogen) atoms. The summed E-state index contributed by atoms with van der Waals surface area (Å²) >= 11 is 1.31. The van der Waals surface area contributed by atoms with Gasteiger partial charge >= 0.3 is 0 Å². The predicted molar refractivity (Wildman–Crippen MR) is 124 cm³/mol. The monoisotopic (exact) mass is 463 g/mol. The van der Waals surface area contributed by atoms with Crippen molar-refractivity contribution in [1.82, 2.24) is 10.2 Å². The van der Waals surface area contributed by atoms with E-state index in [9.17, 15) is 14.7 Å². The Hall–Kier alpha value is -3.72. The first-order chi connectivity index (χ1) is 15.9. The van der Waals surface area contributed by atoms with E-state index in [-0.39, 0.29) is 28.3 Å². The van der Waals surface area contributed by atoms with Crippen molar-refractivity contribution in [3.8, 4) is 11.5 Å². The highest BCUT2D eigenvalue weighted by Gasteiger charge is 2.45. The highest BCUT2D eigenvalue weighted by Crippen LogP contribution is 2.43. The molecule has 2 aromatic carbocycles. The van der Waals surface area contributed by atoms with E-state index in [1.807, 2.05) is 0 Å². The molecule has 0 aliphatic carbocycles. The first-order valence-electron chi connectivity index (χ1n) is 10.5. The van der Waals surface area contributed by atoms with Crippen molar-refractivity contribution in [2.45, 2.75) is 26.3 Å². The number of nitrogens with zero attached hydrogens (tertiary/aromatic N) is 3. The molecule has 1 N–H and O–H groups in total. The molecular formula is C24H21N3O5S. The second-order valence-electron chi connectivity index (χ2n) is 8.26. The molecule has 1 unspecified atom stereocenters. The van der Waals surface area contributed by atoms with Crippen LogP contribution in [0, 0.1) is 5.92 Å². The molecule has 1 atom stereocenters. The molecule has 0 radical (unpaired) electrons. The molecule has 0 spiro atoms. The fraction of sp³-hybridized carbons (Fsp3) is 0.250. The molecule has 168 valence electrons. The lowest BCUT2D eigenvalue weighted by Crippen LogP contribution is -2.29. The van der Waals surface area contributed by atoms with Crippen LogP contribution in [0.1, 0.15) is 46.6 Å². The van der Waals surface area contributed by atoms with Crippen LogP contribution >= 0.6 is 11.3 Å². The Bertz CT molecular complexity index is 1440. The maximum Gasteiger partial charge on any atom is 0.297 e. The average molecular weight is 464 g/mol. The summed E-state index contributed by atoms with van der Waals surface area (Å²) in [5, 5.41) is 20.2. The lowest BCUT2D eigenvalue weighted by molar-refractivity contribution is 0.0970. The van der Waals surface area contributed by atoms with E-state index < -0.39 is 11.9 Å². The molecule has 0 bridgehead atoms. The van der Waals surface area contributed by atoms with Gasteiger partial charge in [-0.1, -0.05) is 43.4 Å². The fourth-order valence-electron chi connectivity index (χ4n) is 4.07. The minimum Gasteiger partial charge on any atom is -0.504 e. The van der Waals surface area contributed by atoms with Gasteiger partial charge in [-0.2, -0.15) is 0 Å². The second-order valence-corrected chi connectivity index (χ2v) is 9.30. The summed E-state index contributed by atoms with van der Waals surface area (Å²) in [6.07, 6.45) is 0.728. The van der Waals surface area contributed by atoms with Gasteiger partial charge in [0.15, 0.2) is 16.9 Å². The number of fused-ring (bicyclic) bond motifs is 2. The number of anilines is 1. The summed E-state index contributed by atoms with van der Waals surface area (Å²) in [4.78, 5) is 28.6. The van der Waals surface area contributed by atoms with Crippen molar-refractivity contribution in [3.63, 3.8) is 0 Å². The second kappa shape index (κ2) is 8.00. The van der Waals surface area contributed by atoms with Crippen LogP contribution in [0.2, 0.25) is 0 Å². The Morgan fingerprint density at radius 2 is 1.97 bits per heavy atom.